The first kappa shape index (κ1) is 16.8. The SMILES string of the molecule is CN1CCC(C(=O)NC2CCCCCCC2C(=O)O)CC1=O. The van der Waals surface area contributed by atoms with Crippen molar-refractivity contribution in [1.82, 2.24) is 10.2 Å². The molecule has 0 aromatic heterocycles. The average molecular weight is 310 g/mol. The van der Waals surface area contributed by atoms with E-state index in [0.29, 0.717) is 25.8 Å². The Morgan fingerprint density at radius 3 is 2.45 bits per heavy atom. The fourth-order valence-corrected chi connectivity index (χ4v) is 3.42. The highest BCUT2D eigenvalue weighted by atomic mass is 16.4. The van der Waals surface area contributed by atoms with E-state index in [4.69, 9.17) is 0 Å². The molecule has 0 radical (unpaired) electrons. The first-order valence-electron chi connectivity index (χ1n) is 8.26. The van der Waals surface area contributed by atoms with Gasteiger partial charge < -0.3 is 15.3 Å². The molecule has 124 valence electrons. The van der Waals surface area contributed by atoms with Gasteiger partial charge in [-0.3, -0.25) is 14.4 Å². The number of amides is 2. The molecule has 2 fully saturated rings. The topological polar surface area (TPSA) is 86.7 Å². The first-order chi connectivity index (χ1) is 10.5. The van der Waals surface area contributed by atoms with Crippen LogP contribution in [0.2, 0.25) is 0 Å². The van der Waals surface area contributed by atoms with Crippen LogP contribution in [0.5, 0.6) is 0 Å². The number of hydrogen-bond donors (Lipinski definition) is 2. The van der Waals surface area contributed by atoms with Crippen molar-refractivity contribution >= 4 is 17.8 Å². The second kappa shape index (κ2) is 7.61. The zero-order valence-corrected chi connectivity index (χ0v) is 13.2. The summed E-state index contributed by atoms with van der Waals surface area (Å²) < 4.78 is 0. The van der Waals surface area contributed by atoms with Gasteiger partial charge in [-0.2, -0.15) is 0 Å². The summed E-state index contributed by atoms with van der Waals surface area (Å²) in [5.41, 5.74) is 0. The number of carboxylic acid groups (broad SMARTS) is 1. The third-order valence-electron chi connectivity index (χ3n) is 4.94. The molecular formula is C16H26N2O4. The second-order valence-corrected chi connectivity index (χ2v) is 6.56. The monoisotopic (exact) mass is 310 g/mol. The van der Waals surface area contributed by atoms with Gasteiger partial charge in [0.25, 0.3) is 0 Å². The van der Waals surface area contributed by atoms with Crippen molar-refractivity contribution < 1.29 is 19.5 Å². The lowest BCUT2D eigenvalue weighted by Gasteiger charge is -2.31. The van der Waals surface area contributed by atoms with E-state index >= 15 is 0 Å². The van der Waals surface area contributed by atoms with Gasteiger partial charge in [-0.1, -0.05) is 25.7 Å². The molecular weight excluding hydrogens is 284 g/mol. The summed E-state index contributed by atoms with van der Waals surface area (Å²) in [6.45, 7) is 0.587. The predicted octanol–water partition coefficient (Wildman–Crippen LogP) is 1.39. The van der Waals surface area contributed by atoms with Crippen LogP contribution in [0.3, 0.4) is 0 Å². The molecule has 2 aliphatic rings. The van der Waals surface area contributed by atoms with Crippen LogP contribution < -0.4 is 5.32 Å². The van der Waals surface area contributed by atoms with Crippen molar-refractivity contribution in [3.8, 4) is 0 Å². The van der Waals surface area contributed by atoms with E-state index in [1.807, 2.05) is 0 Å². The number of carbonyl (C=O) groups excluding carboxylic acids is 2. The third-order valence-corrected chi connectivity index (χ3v) is 4.94. The Labute approximate surface area is 131 Å². The normalized spacial score (nSPS) is 30.3. The van der Waals surface area contributed by atoms with Crippen LogP contribution in [0, 0.1) is 11.8 Å². The van der Waals surface area contributed by atoms with Crippen LogP contribution in [0.1, 0.15) is 51.4 Å². The summed E-state index contributed by atoms with van der Waals surface area (Å²) >= 11 is 0. The maximum Gasteiger partial charge on any atom is 0.308 e. The quantitative estimate of drug-likeness (QED) is 0.825. The number of aliphatic carboxylic acids is 1. The average Bonchev–Trinajstić information content (AvgIpc) is 2.44. The van der Waals surface area contributed by atoms with Crippen LogP contribution in [-0.4, -0.2) is 47.4 Å². The fourth-order valence-electron chi connectivity index (χ4n) is 3.42. The molecule has 1 saturated heterocycles. The molecule has 1 saturated carbocycles. The lowest BCUT2D eigenvalue weighted by atomic mass is 9.86. The fraction of sp³-hybridized carbons (Fsp3) is 0.812. The highest BCUT2D eigenvalue weighted by molar-refractivity contribution is 5.87. The van der Waals surface area contributed by atoms with Crippen LogP contribution in [0.4, 0.5) is 0 Å². The van der Waals surface area contributed by atoms with Crippen LogP contribution >= 0.6 is 0 Å². The molecule has 1 aliphatic carbocycles. The largest absolute Gasteiger partial charge is 0.481 e. The van der Waals surface area contributed by atoms with E-state index < -0.39 is 11.9 Å². The molecule has 1 heterocycles. The molecule has 2 N–H and O–H groups in total. The van der Waals surface area contributed by atoms with Crippen molar-refractivity contribution in [3.05, 3.63) is 0 Å². The van der Waals surface area contributed by atoms with Crippen molar-refractivity contribution in [2.75, 3.05) is 13.6 Å². The predicted molar refractivity (Wildman–Crippen MR) is 81.1 cm³/mol. The Kier molecular flexibility index (Phi) is 5.80. The maximum atomic E-state index is 12.4. The van der Waals surface area contributed by atoms with E-state index in [-0.39, 0.29) is 30.2 Å². The summed E-state index contributed by atoms with van der Waals surface area (Å²) in [6, 6.07) is -0.306. The summed E-state index contributed by atoms with van der Waals surface area (Å²) in [5.74, 6) is -1.82. The van der Waals surface area contributed by atoms with Crippen molar-refractivity contribution in [2.24, 2.45) is 11.8 Å². The molecule has 6 nitrogen and oxygen atoms in total. The van der Waals surface area contributed by atoms with Gasteiger partial charge in [0.2, 0.25) is 11.8 Å². The van der Waals surface area contributed by atoms with E-state index in [9.17, 15) is 19.5 Å². The maximum absolute atomic E-state index is 12.4. The highest BCUT2D eigenvalue weighted by Gasteiger charge is 2.34. The molecule has 2 rings (SSSR count). The lowest BCUT2D eigenvalue weighted by Crippen LogP contribution is -2.48. The molecule has 3 unspecified atom stereocenters. The molecule has 0 bridgehead atoms. The molecule has 0 aromatic rings. The molecule has 1 aliphatic heterocycles. The molecule has 0 aromatic carbocycles. The minimum Gasteiger partial charge on any atom is -0.481 e. The number of nitrogens with zero attached hydrogens (tertiary/aromatic N) is 1. The zero-order chi connectivity index (χ0) is 16.1. The lowest BCUT2D eigenvalue weighted by molar-refractivity contribution is -0.145. The smallest absolute Gasteiger partial charge is 0.308 e. The second-order valence-electron chi connectivity index (χ2n) is 6.56. The number of carbonyl (C=O) groups is 3. The summed E-state index contributed by atoms with van der Waals surface area (Å²) in [6.07, 6.45) is 6.21. The summed E-state index contributed by atoms with van der Waals surface area (Å²) in [5, 5.41) is 12.3. The van der Waals surface area contributed by atoms with Crippen molar-refractivity contribution in [2.45, 2.75) is 57.4 Å². The molecule has 22 heavy (non-hydrogen) atoms. The van der Waals surface area contributed by atoms with E-state index in [2.05, 4.69) is 5.32 Å². The van der Waals surface area contributed by atoms with Crippen LogP contribution in [-0.2, 0) is 14.4 Å². The summed E-state index contributed by atoms with van der Waals surface area (Å²) in [7, 11) is 1.74. The number of likely N-dealkylation sites (tertiary alicyclic amines) is 1. The minimum absolute atomic E-state index is 0.0150. The Morgan fingerprint density at radius 1 is 1.14 bits per heavy atom. The summed E-state index contributed by atoms with van der Waals surface area (Å²) in [4.78, 5) is 37.2. The Hall–Kier alpha value is -1.59. The Bertz CT molecular complexity index is 438. The van der Waals surface area contributed by atoms with Gasteiger partial charge in [-0.25, -0.2) is 0 Å². The third kappa shape index (κ3) is 4.21. The first-order valence-corrected chi connectivity index (χ1v) is 8.26. The number of nitrogens with one attached hydrogen (secondary N) is 1. The Balaban J connectivity index is 1.97. The molecule has 3 atom stereocenters. The van der Waals surface area contributed by atoms with Gasteiger partial charge in [0.15, 0.2) is 0 Å². The van der Waals surface area contributed by atoms with Crippen LogP contribution in [0.25, 0.3) is 0 Å². The van der Waals surface area contributed by atoms with Crippen LogP contribution in [0.15, 0.2) is 0 Å². The number of hydrogen-bond acceptors (Lipinski definition) is 3. The van der Waals surface area contributed by atoms with Gasteiger partial charge in [-0.05, 0) is 19.3 Å². The van der Waals surface area contributed by atoms with Gasteiger partial charge in [-0.15, -0.1) is 0 Å². The Morgan fingerprint density at radius 2 is 1.82 bits per heavy atom. The molecule has 0 spiro atoms. The molecule has 6 heteroatoms. The standard InChI is InChI=1S/C16H26N2O4/c1-18-9-8-11(10-14(18)19)15(20)17-13-7-5-3-2-4-6-12(13)16(21)22/h11-13H,2-10H2,1H3,(H,17,20)(H,21,22). The van der Waals surface area contributed by atoms with Crippen molar-refractivity contribution in [1.29, 1.82) is 0 Å². The molecule has 2 amide bonds. The van der Waals surface area contributed by atoms with E-state index in [0.717, 1.165) is 25.7 Å². The van der Waals surface area contributed by atoms with E-state index in [1.54, 1.807) is 11.9 Å². The zero-order valence-electron chi connectivity index (χ0n) is 13.2. The van der Waals surface area contributed by atoms with Gasteiger partial charge in [0, 0.05) is 32.0 Å². The van der Waals surface area contributed by atoms with Crippen molar-refractivity contribution in [3.63, 3.8) is 0 Å². The highest BCUT2D eigenvalue weighted by Crippen LogP contribution is 2.25. The number of piperidine rings is 1. The number of rotatable bonds is 3. The van der Waals surface area contributed by atoms with Gasteiger partial charge >= 0.3 is 5.97 Å². The van der Waals surface area contributed by atoms with E-state index in [1.165, 1.54) is 0 Å². The number of carboxylic acids is 1. The van der Waals surface area contributed by atoms with Gasteiger partial charge in [0.1, 0.15) is 0 Å². The minimum atomic E-state index is -0.827. The van der Waals surface area contributed by atoms with Gasteiger partial charge in [0.05, 0.1) is 5.92 Å².